The van der Waals surface area contributed by atoms with Crippen molar-refractivity contribution >= 4 is 53.0 Å². The second-order valence-corrected chi connectivity index (χ2v) is 6.62. The van der Waals surface area contributed by atoms with Gasteiger partial charge >= 0.3 is 0 Å². The number of aryl methyl sites for hydroxylation is 1. The predicted molar refractivity (Wildman–Crippen MR) is 108 cm³/mol. The molecule has 0 aliphatic carbocycles. The maximum Gasteiger partial charge on any atom is 0.237 e. The van der Waals surface area contributed by atoms with E-state index in [1.165, 1.54) is 0 Å². The van der Waals surface area contributed by atoms with Gasteiger partial charge in [0, 0.05) is 28.2 Å². The molecule has 0 fully saturated rings. The van der Waals surface area contributed by atoms with Gasteiger partial charge in [-0.3, -0.25) is 4.79 Å². The summed E-state index contributed by atoms with van der Waals surface area (Å²) in [6.45, 7) is 3.87. The van der Waals surface area contributed by atoms with E-state index in [1.807, 2.05) is 49.7 Å². The summed E-state index contributed by atoms with van der Waals surface area (Å²) in [6.07, 6.45) is 2.42. The molecule has 0 aliphatic rings. The zero-order chi connectivity index (χ0) is 16.4. The van der Waals surface area contributed by atoms with Crippen LogP contribution in [0.2, 0.25) is 0 Å². The number of carbonyl (C=O) groups is 1. The molecule has 4 N–H and O–H groups in total. The minimum absolute atomic E-state index is 0. The number of H-pyrrole nitrogens is 1. The summed E-state index contributed by atoms with van der Waals surface area (Å²) in [5.74, 6) is -0.157. The van der Waals surface area contributed by atoms with Crippen molar-refractivity contribution in [2.75, 3.05) is 0 Å². The van der Waals surface area contributed by atoms with Gasteiger partial charge in [0.15, 0.2) is 0 Å². The van der Waals surface area contributed by atoms with Gasteiger partial charge in [-0.05, 0) is 31.9 Å². The molecule has 0 radical (unpaired) electrons. The third kappa shape index (κ3) is 4.95. The van der Waals surface area contributed by atoms with Crippen molar-refractivity contribution in [3.05, 3.63) is 52.1 Å². The number of rotatable bonds is 5. The van der Waals surface area contributed by atoms with Gasteiger partial charge in [-0.25, -0.2) is 4.98 Å². The third-order valence-electron chi connectivity index (χ3n) is 3.82. The number of nitrogens with two attached hydrogens (primary N) is 1. The molecule has 8 heteroatoms. The highest BCUT2D eigenvalue weighted by Gasteiger charge is 2.19. The molecule has 136 valence electrons. The number of benzene rings is 1. The van der Waals surface area contributed by atoms with Crippen molar-refractivity contribution in [1.29, 1.82) is 0 Å². The molecule has 3 aromatic rings. The lowest BCUT2D eigenvalue weighted by Crippen LogP contribution is -2.42. The second-order valence-electron chi connectivity index (χ2n) is 5.73. The lowest BCUT2D eigenvalue weighted by Gasteiger charge is -2.15. The summed E-state index contributed by atoms with van der Waals surface area (Å²) in [5, 5.41) is 6.93. The summed E-state index contributed by atoms with van der Waals surface area (Å²) >= 11 is 1.55. The number of halogens is 2. The lowest BCUT2D eigenvalue weighted by atomic mass is 10.0. The molecule has 0 spiro atoms. The number of amides is 1. The number of hydrogen-bond donors (Lipinski definition) is 3. The van der Waals surface area contributed by atoms with Crippen molar-refractivity contribution in [3.63, 3.8) is 0 Å². The number of thiazole rings is 1. The smallest absolute Gasteiger partial charge is 0.237 e. The largest absolute Gasteiger partial charge is 0.361 e. The number of aromatic amines is 1. The van der Waals surface area contributed by atoms with E-state index in [9.17, 15) is 4.79 Å². The van der Waals surface area contributed by atoms with Crippen LogP contribution in [0.4, 0.5) is 0 Å². The zero-order valence-electron chi connectivity index (χ0n) is 14.0. The molecule has 0 aliphatic heterocycles. The molecule has 2 atom stereocenters. The quantitative estimate of drug-likeness (QED) is 0.612. The Balaban J connectivity index is 0.00000156. The minimum Gasteiger partial charge on any atom is -0.361 e. The molecular weight excluding hydrogens is 379 g/mol. The Morgan fingerprint density at radius 2 is 2.08 bits per heavy atom. The van der Waals surface area contributed by atoms with Crippen molar-refractivity contribution in [2.45, 2.75) is 32.4 Å². The number of carbonyl (C=O) groups excluding carboxylic acids is 1. The topological polar surface area (TPSA) is 83.8 Å². The molecule has 0 saturated heterocycles. The van der Waals surface area contributed by atoms with Crippen LogP contribution in [0.5, 0.6) is 0 Å². The van der Waals surface area contributed by atoms with Crippen LogP contribution in [0, 0.1) is 6.92 Å². The summed E-state index contributed by atoms with van der Waals surface area (Å²) in [6, 6.07) is 7.29. The fourth-order valence-corrected chi connectivity index (χ4v) is 3.39. The van der Waals surface area contributed by atoms with Crippen molar-refractivity contribution in [1.82, 2.24) is 15.3 Å². The minimum atomic E-state index is -0.585. The molecule has 3 rings (SSSR count). The van der Waals surface area contributed by atoms with Gasteiger partial charge in [0.1, 0.15) is 5.01 Å². The molecule has 0 saturated carbocycles. The molecule has 1 unspecified atom stereocenters. The first-order valence-corrected chi connectivity index (χ1v) is 8.45. The Bertz CT molecular complexity index is 833. The molecular formula is C17H22Cl2N4OS. The third-order valence-corrected chi connectivity index (χ3v) is 4.96. The Labute approximate surface area is 163 Å². The summed E-state index contributed by atoms with van der Waals surface area (Å²) < 4.78 is 0. The molecule has 25 heavy (non-hydrogen) atoms. The van der Waals surface area contributed by atoms with Crippen LogP contribution in [0.25, 0.3) is 10.9 Å². The van der Waals surface area contributed by atoms with Gasteiger partial charge in [-0.1, -0.05) is 18.2 Å². The fraction of sp³-hybridized carbons (Fsp3) is 0.294. The van der Waals surface area contributed by atoms with Crippen LogP contribution < -0.4 is 11.1 Å². The van der Waals surface area contributed by atoms with E-state index in [2.05, 4.69) is 15.3 Å². The number of nitrogens with zero attached hydrogens (tertiary/aromatic N) is 1. The van der Waals surface area contributed by atoms with Crippen LogP contribution in [-0.2, 0) is 11.2 Å². The van der Waals surface area contributed by atoms with E-state index in [-0.39, 0.29) is 36.8 Å². The van der Waals surface area contributed by atoms with Gasteiger partial charge in [-0.2, -0.15) is 0 Å². The van der Waals surface area contributed by atoms with Crippen molar-refractivity contribution in [2.24, 2.45) is 5.73 Å². The van der Waals surface area contributed by atoms with Gasteiger partial charge < -0.3 is 16.0 Å². The lowest BCUT2D eigenvalue weighted by molar-refractivity contribution is -0.123. The van der Waals surface area contributed by atoms with Crippen LogP contribution in [0.15, 0.2) is 35.8 Å². The summed E-state index contributed by atoms with van der Waals surface area (Å²) in [5.41, 5.74) is 9.17. The molecule has 2 aromatic heterocycles. The van der Waals surface area contributed by atoms with Gasteiger partial charge in [0.2, 0.25) is 5.91 Å². The SMILES string of the molecule is Cc1csc(C(C)NC(=O)[C@@H](N)Cc2c[nH]c3ccccc23)n1.Cl.Cl. The Kier molecular flexibility index (Phi) is 7.89. The zero-order valence-corrected chi connectivity index (χ0v) is 16.4. The normalized spacial score (nSPS) is 12.8. The molecule has 5 nitrogen and oxygen atoms in total. The molecule has 2 heterocycles. The average Bonchev–Trinajstić information content (AvgIpc) is 3.14. The Morgan fingerprint density at radius 3 is 2.76 bits per heavy atom. The highest BCUT2D eigenvalue weighted by atomic mass is 35.5. The van der Waals surface area contributed by atoms with Crippen molar-refractivity contribution < 1.29 is 4.79 Å². The monoisotopic (exact) mass is 400 g/mol. The van der Waals surface area contributed by atoms with Crippen LogP contribution in [0.1, 0.15) is 29.2 Å². The Hall–Kier alpha value is -1.60. The molecule has 1 aromatic carbocycles. The first-order valence-electron chi connectivity index (χ1n) is 7.57. The number of nitrogens with one attached hydrogen (secondary N) is 2. The summed E-state index contributed by atoms with van der Waals surface area (Å²) in [7, 11) is 0. The highest BCUT2D eigenvalue weighted by Crippen LogP contribution is 2.20. The van der Waals surface area contributed by atoms with E-state index in [0.717, 1.165) is 27.2 Å². The van der Waals surface area contributed by atoms with Crippen molar-refractivity contribution in [3.8, 4) is 0 Å². The molecule has 0 bridgehead atoms. The number of para-hydroxylation sites is 1. The standard InChI is InChI=1S/C17H20N4OS.2ClH/c1-10-9-23-17(20-10)11(2)21-16(22)14(18)7-12-8-19-15-6-4-3-5-13(12)15;;/h3-6,8-9,11,14,19H,7,18H2,1-2H3,(H,21,22);2*1H/t11?,14-;;/m0../s1. The number of fused-ring (bicyclic) bond motifs is 1. The summed E-state index contributed by atoms with van der Waals surface area (Å²) in [4.78, 5) is 19.9. The van der Waals surface area contributed by atoms with Gasteiger partial charge in [-0.15, -0.1) is 36.2 Å². The first kappa shape index (κ1) is 21.4. The van der Waals surface area contributed by atoms with Crippen LogP contribution in [-0.4, -0.2) is 21.9 Å². The van der Waals surface area contributed by atoms with E-state index in [4.69, 9.17) is 5.73 Å². The second kappa shape index (κ2) is 9.20. The maximum atomic E-state index is 12.3. The van der Waals surface area contributed by atoms with E-state index in [1.54, 1.807) is 11.3 Å². The van der Waals surface area contributed by atoms with Crippen LogP contribution in [0.3, 0.4) is 0 Å². The first-order chi connectivity index (χ1) is 11.0. The highest BCUT2D eigenvalue weighted by molar-refractivity contribution is 7.09. The van der Waals surface area contributed by atoms with Crippen LogP contribution >= 0.6 is 36.2 Å². The molecule has 1 amide bonds. The van der Waals surface area contributed by atoms with Gasteiger partial charge in [0.25, 0.3) is 0 Å². The van der Waals surface area contributed by atoms with E-state index < -0.39 is 6.04 Å². The van der Waals surface area contributed by atoms with E-state index >= 15 is 0 Å². The maximum absolute atomic E-state index is 12.3. The van der Waals surface area contributed by atoms with Gasteiger partial charge in [0.05, 0.1) is 12.1 Å². The predicted octanol–water partition coefficient (Wildman–Crippen LogP) is 3.52. The number of aromatic nitrogens is 2. The fourth-order valence-electron chi connectivity index (χ4n) is 2.58. The Morgan fingerprint density at radius 1 is 1.36 bits per heavy atom. The number of hydrogen-bond acceptors (Lipinski definition) is 4. The average molecular weight is 401 g/mol. The van der Waals surface area contributed by atoms with E-state index in [0.29, 0.717) is 6.42 Å².